The molecule has 0 saturated carbocycles. The Labute approximate surface area is 80.4 Å². The Morgan fingerprint density at radius 3 is 2.54 bits per heavy atom. The zero-order chi connectivity index (χ0) is 10.3. The van der Waals surface area contributed by atoms with Crippen LogP contribution >= 0.6 is 0 Å². The normalized spacial score (nSPS) is 14.8. The predicted octanol–water partition coefficient (Wildman–Crippen LogP) is 2.80. The van der Waals surface area contributed by atoms with E-state index >= 15 is 0 Å². The van der Waals surface area contributed by atoms with E-state index in [-0.39, 0.29) is 6.10 Å². The third kappa shape index (κ3) is 6.43. The van der Waals surface area contributed by atoms with Gasteiger partial charge in [-0.25, -0.2) is 4.79 Å². The second-order valence-electron chi connectivity index (χ2n) is 3.23. The lowest BCUT2D eigenvalue weighted by atomic mass is 10.1. The van der Waals surface area contributed by atoms with Crippen LogP contribution in [0.1, 0.15) is 34.1 Å². The van der Waals surface area contributed by atoms with Gasteiger partial charge in [0.15, 0.2) is 0 Å². The first-order chi connectivity index (χ1) is 6.10. The van der Waals surface area contributed by atoms with Crippen LogP contribution in [0.2, 0.25) is 0 Å². The molecule has 0 heterocycles. The van der Waals surface area contributed by atoms with E-state index < -0.39 is 6.16 Å². The van der Waals surface area contributed by atoms with Crippen molar-refractivity contribution < 1.29 is 14.3 Å². The molecule has 0 aliphatic carbocycles. The SMILES string of the molecule is C[CH][C@@H](C)OC(=O)OCC(C)CC. The van der Waals surface area contributed by atoms with Crippen molar-refractivity contribution >= 4 is 6.16 Å². The second-order valence-corrected chi connectivity index (χ2v) is 3.23. The molecule has 1 unspecified atom stereocenters. The molecule has 0 aromatic rings. The van der Waals surface area contributed by atoms with Gasteiger partial charge >= 0.3 is 6.16 Å². The number of hydrogen-bond acceptors (Lipinski definition) is 3. The van der Waals surface area contributed by atoms with E-state index in [4.69, 9.17) is 9.47 Å². The minimum Gasteiger partial charge on any atom is -0.434 e. The number of carbonyl (C=O) groups excluding carboxylic acids is 1. The minimum absolute atomic E-state index is 0.176. The fraction of sp³-hybridized carbons (Fsp3) is 0.800. The Balaban J connectivity index is 3.51. The molecule has 13 heavy (non-hydrogen) atoms. The van der Waals surface area contributed by atoms with Crippen LogP contribution in [0.3, 0.4) is 0 Å². The van der Waals surface area contributed by atoms with Gasteiger partial charge in [-0.15, -0.1) is 0 Å². The summed E-state index contributed by atoms with van der Waals surface area (Å²) in [6.07, 6.45) is 2.04. The first-order valence-corrected chi connectivity index (χ1v) is 4.73. The van der Waals surface area contributed by atoms with Gasteiger partial charge < -0.3 is 9.47 Å². The van der Waals surface area contributed by atoms with Crippen molar-refractivity contribution in [1.82, 2.24) is 0 Å². The van der Waals surface area contributed by atoms with Gasteiger partial charge in [-0.1, -0.05) is 27.2 Å². The third-order valence-corrected chi connectivity index (χ3v) is 1.93. The average Bonchev–Trinajstić information content (AvgIpc) is 2.13. The number of carbonyl (C=O) groups is 1. The molecule has 0 aromatic carbocycles. The van der Waals surface area contributed by atoms with Gasteiger partial charge in [0.1, 0.15) is 6.10 Å². The molecule has 2 atom stereocenters. The molecule has 0 rings (SSSR count). The summed E-state index contributed by atoms with van der Waals surface area (Å²) in [5.41, 5.74) is 0. The van der Waals surface area contributed by atoms with Crippen LogP contribution in [0.15, 0.2) is 0 Å². The van der Waals surface area contributed by atoms with Crippen molar-refractivity contribution in [1.29, 1.82) is 0 Å². The van der Waals surface area contributed by atoms with Gasteiger partial charge in [-0.2, -0.15) is 0 Å². The average molecular weight is 187 g/mol. The molecule has 0 bridgehead atoms. The molecule has 0 aliphatic rings. The maximum atomic E-state index is 11.0. The Kier molecular flexibility index (Phi) is 6.37. The Morgan fingerprint density at radius 1 is 1.46 bits per heavy atom. The zero-order valence-corrected chi connectivity index (χ0v) is 8.87. The van der Waals surface area contributed by atoms with Crippen LogP contribution in [-0.4, -0.2) is 18.9 Å². The molecule has 0 fully saturated rings. The van der Waals surface area contributed by atoms with Crippen LogP contribution in [0.5, 0.6) is 0 Å². The van der Waals surface area contributed by atoms with Crippen LogP contribution < -0.4 is 0 Å². The molecule has 0 amide bonds. The number of rotatable bonds is 5. The summed E-state index contributed by atoms with van der Waals surface area (Å²) < 4.78 is 9.76. The Hall–Kier alpha value is -0.730. The molecular formula is C10H19O3. The summed E-state index contributed by atoms with van der Waals surface area (Å²) in [7, 11) is 0. The van der Waals surface area contributed by atoms with Crippen molar-refractivity contribution in [3.63, 3.8) is 0 Å². The number of hydrogen-bond donors (Lipinski definition) is 0. The van der Waals surface area contributed by atoms with Gasteiger partial charge in [-0.05, 0) is 19.3 Å². The van der Waals surface area contributed by atoms with E-state index in [1.54, 1.807) is 13.3 Å². The Morgan fingerprint density at radius 2 is 2.08 bits per heavy atom. The van der Waals surface area contributed by atoms with Gasteiger partial charge in [0.05, 0.1) is 6.61 Å². The minimum atomic E-state index is -0.578. The van der Waals surface area contributed by atoms with E-state index in [0.717, 1.165) is 6.42 Å². The maximum Gasteiger partial charge on any atom is 0.508 e. The zero-order valence-electron chi connectivity index (χ0n) is 8.87. The summed E-state index contributed by atoms with van der Waals surface area (Å²) in [4.78, 5) is 11.0. The summed E-state index contributed by atoms with van der Waals surface area (Å²) in [5, 5.41) is 0. The van der Waals surface area contributed by atoms with Crippen molar-refractivity contribution in [2.75, 3.05) is 6.61 Å². The first-order valence-electron chi connectivity index (χ1n) is 4.73. The van der Waals surface area contributed by atoms with Crippen molar-refractivity contribution in [2.45, 2.75) is 40.2 Å². The molecule has 3 nitrogen and oxygen atoms in total. The predicted molar refractivity (Wildman–Crippen MR) is 51.3 cm³/mol. The van der Waals surface area contributed by atoms with Crippen molar-refractivity contribution in [3.8, 4) is 0 Å². The van der Waals surface area contributed by atoms with E-state index in [9.17, 15) is 4.79 Å². The standard InChI is InChI=1S/C10H19O3/c1-5-8(3)7-12-10(11)13-9(4)6-2/h6,8-9H,5,7H2,1-4H3/t8?,9-/m1/s1. The number of ether oxygens (including phenoxy) is 2. The molecule has 0 aromatic heterocycles. The van der Waals surface area contributed by atoms with Crippen LogP contribution in [0.4, 0.5) is 4.79 Å². The summed E-state index contributed by atoms with van der Waals surface area (Å²) in [6, 6.07) is 0. The Bertz CT molecular complexity index is 145. The summed E-state index contributed by atoms with van der Waals surface area (Å²) >= 11 is 0. The molecule has 0 aliphatic heterocycles. The van der Waals surface area contributed by atoms with Gasteiger partial charge in [0.25, 0.3) is 0 Å². The molecule has 0 saturated heterocycles. The van der Waals surface area contributed by atoms with Gasteiger partial charge in [-0.3, -0.25) is 0 Å². The quantitative estimate of drug-likeness (QED) is 0.621. The van der Waals surface area contributed by atoms with Crippen molar-refractivity contribution in [2.24, 2.45) is 5.92 Å². The van der Waals surface area contributed by atoms with Crippen LogP contribution in [-0.2, 0) is 9.47 Å². The van der Waals surface area contributed by atoms with Crippen molar-refractivity contribution in [3.05, 3.63) is 6.42 Å². The highest BCUT2D eigenvalue weighted by Gasteiger charge is 2.10. The van der Waals surface area contributed by atoms with Gasteiger partial charge in [0, 0.05) is 0 Å². The van der Waals surface area contributed by atoms with Crippen LogP contribution in [0, 0.1) is 12.3 Å². The largest absolute Gasteiger partial charge is 0.508 e. The maximum absolute atomic E-state index is 11.0. The highest BCUT2D eigenvalue weighted by Crippen LogP contribution is 2.03. The lowest BCUT2D eigenvalue weighted by Gasteiger charge is -2.12. The molecular weight excluding hydrogens is 168 g/mol. The molecule has 1 radical (unpaired) electrons. The van der Waals surface area contributed by atoms with Crippen LogP contribution in [0.25, 0.3) is 0 Å². The second kappa shape index (κ2) is 6.75. The topological polar surface area (TPSA) is 35.5 Å². The molecule has 0 N–H and O–H groups in total. The van der Waals surface area contributed by atoms with E-state index in [0.29, 0.717) is 12.5 Å². The van der Waals surface area contributed by atoms with E-state index in [1.807, 2.05) is 13.8 Å². The molecule has 3 heteroatoms. The first kappa shape index (κ1) is 12.3. The summed E-state index contributed by atoms with van der Waals surface area (Å²) in [6.45, 7) is 8.16. The smallest absolute Gasteiger partial charge is 0.434 e. The molecule has 77 valence electrons. The lowest BCUT2D eigenvalue weighted by molar-refractivity contribution is 0.0298. The van der Waals surface area contributed by atoms with E-state index in [1.165, 1.54) is 0 Å². The highest BCUT2D eigenvalue weighted by molar-refractivity contribution is 5.60. The fourth-order valence-corrected chi connectivity index (χ4v) is 0.582. The van der Waals surface area contributed by atoms with E-state index in [2.05, 4.69) is 6.92 Å². The highest BCUT2D eigenvalue weighted by atomic mass is 16.7. The lowest BCUT2D eigenvalue weighted by Crippen LogP contribution is -2.18. The monoisotopic (exact) mass is 187 g/mol. The third-order valence-electron chi connectivity index (χ3n) is 1.93. The molecule has 0 spiro atoms. The fourth-order valence-electron chi connectivity index (χ4n) is 0.582. The van der Waals surface area contributed by atoms with Gasteiger partial charge in [0.2, 0.25) is 0 Å². The summed E-state index contributed by atoms with van der Waals surface area (Å²) in [5.74, 6) is 0.397.